The lowest BCUT2D eigenvalue weighted by Crippen LogP contribution is -2.29. The maximum absolute atomic E-state index is 12.1. The molecule has 0 spiro atoms. The fourth-order valence-corrected chi connectivity index (χ4v) is 3.36. The number of ether oxygens (including phenoxy) is 2. The number of amides is 1. The number of halogens is 1. The van der Waals surface area contributed by atoms with Crippen LogP contribution in [0.4, 0.5) is 5.95 Å². The highest BCUT2D eigenvalue weighted by atomic mass is 79.9. The Hall–Kier alpha value is -2.87. The Morgan fingerprint density at radius 1 is 1.26 bits per heavy atom. The van der Waals surface area contributed by atoms with Gasteiger partial charge in [0.1, 0.15) is 12.9 Å². The topological polar surface area (TPSA) is 78.3 Å². The minimum absolute atomic E-state index is 0.109. The van der Waals surface area contributed by atoms with Crippen molar-refractivity contribution in [3.05, 3.63) is 64.4 Å². The number of carbonyl (C=O) groups is 1. The molecule has 0 saturated carbocycles. The number of carbonyl (C=O) groups excluding carboxylic acids is 1. The molecule has 138 valence electrons. The summed E-state index contributed by atoms with van der Waals surface area (Å²) in [5, 5.41) is 6.99. The number of nitrogens with zero attached hydrogens (tertiary/aromatic N) is 3. The predicted molar refractivity (Wildman–Crippen MR) is 103 cm³/mol. The summed E-state index contributed by atoms with van der Waals surface area (Å²) in [4.78, 5) is 16.2. The quantitative estimate of drug-likeness (QED) is 0.671. The first-order valence-electron chi connectivity index (χ1n) is 8.39. The number of hydrogen-bond donors (Lipinski definition) is 1. The monoisotopic (exact) mass is 428 g/mol. The third-order valence-electron chi connectivity index (χ3n) is 4.38. The van der Waals surface area contributed by atoms with Crippen LogP contribution in [0, 0.1) is 0 Å². The van der Waals surface area contributed by atoms with Gasteiger partial charge in [-0.05, 0) is 23.8 Å². The Kier molecular flexibility index (Phi) is 4.81. The van der Waals surface area contributed by atoms with Gasteiger partial charge in [0.25, 0.3) is 0 Å². The standard InChI is InChI=1S/C19H17BrN4O3/c1-26-16-4-2-3-14(15-9-17(25)23-19-21-11-22-24(15)19)18(16)27-10-12-5-7-13(20)8-6-12/h2-8,11,15H,9-10H2,1H3,(H,21,22,23,25)/t15-/m0/s1. The number of benzene rings is 2. The van der Waals surface area contributed by atoms with Gasteiger partial charge >= 0.3 is 0 Å². The van der Waals surface area contributed by atoms with E-state index in [4.69, 9.17) is 9.47 Å². The van der Waals surface area contributed by atoms with E-state index >= 15 is 0 Å². The molecule has 0 radical (unpaired) electrons. The first-order chi connectivity index (χ1) is 13.2. The summed E-state index contributed by atoms with van der Waals surface area (Å²) < 4.78 is 14.3. The van der Waals surface area contributed by atoms with Gasteiger partial charge in [-0.3, -0.25) is 10.1 Å². The molecule has 2 aromatic carbocycles. The van der Waals surface area contributed by atoms with Crippen molar-refractivity contribution in [1.29, 1.82) is 0 Å². The fourth-order valence-electron chi connectivity index (χ4n) is 3.09. The maximum Gasteiger partial charge on any atom is 0.229 e. The molecule has 0 saturated heterocycles. The van der Waals surface area contributed by atoms with Crippen LogP contribution in [0.3, 0.4) is 0 Å². The third-order valence-corrected chi connectivity index (χ3v) is 4.91. The summed E-state index contributed by atoms with van der Waals surface area (Å²) in [6, 6.07) is 13.2. The molecule has 0 fully saturated rings. The van der Waals surface area contributed by atoms with E-state index in [-0.39, 0.29) is 18.4 Å². The van der Waals surface area contributed by atoms with Crippen molar-refractivity contribution in [2.45, 2.75) is 19.1 Å². The minimum atomic E-state index is -0.314. The van der Waals surface area contributed by atoms with Crippen LogP contribution >= 0.6 is 15.9 Å². The molecule has 3 aromatic rings. The van der Waals surface area contributed by atoms with Crippen LogP contribution in [-0.2, 0) is 11.4 Å². The van der Waals surface area contributed by atoms with Gasteiger partial charge in [-0.25, -0.2) is 4.68 Å². The van der Waals surface area contributed by atoms with Gasteiger partial charge in [0.2, 0.25) is 11.9 Å². The second-order valence-electron chi connectivity index (χ2n) is 6.09. The second kappa shape index (κ2) is 7.40. The molecule has 7 nitrogen and oxygen atoms in total. The first kappa shape index (κ1) is 17.5. The van der Waals surface area contributed by atoms with Gasteiger partial charge < -0.3 is 9.47 Å². The van der Waals surface area contributed by atoms with Crippen LogP contribution in [0.15, 0.2) is 53.3 Å². The van der Waals surface area contributed by atoms with Crippen molar-refractivity contribution in [2.24, 2.45) is 0 Å². The van der Waals surface area contributed by atoms with Gasteiger partial charge in [-0.15, -0.1) is 0 Å². The molecule has 1 aromatic heterocycles. The number of aromatic nitrogens is 3. The van der Waals surface area contributed by atoms with Crippen molar-refractivity contribution in [2.75, 3.05) is 12.4 Å². The Balaban J connectivity index is 1.69. The Labute approximate surface area is 164 Å². The van der Waals surface area contributed by atoms with Crippen LogP contribution in [0.1, 0.15) is 23.6 Å². The maximum atomic E-state index is 12.1. The third kappa shape index (κ3) is 3.52. The predicted octanol–water partition coefficient (Wildman–Crippen LogP) is 3.56. The van der Waals surface area contributed by atoms with Crippen LogP contribution in [-0.4, -0.2) is 27.8 Å². The van der Waals surface area contributed by atoms with Gasteiger partial charge in [0.05, 0.1) is 19.6 Å². The second-order valence-corrected chi connectivity index (χ2v) is 7.01. The number of nitrogens with one attached hydrogen (secondary N) is 1. The zero-order valence-corrected chi connectivity index (χ0v) is 16.1. The summed E-state index contributed by atoms with van der Waals surface area (Å²) in [6.07, 6.45) is 1.68. The summed E-state index contributed by atoms with van der Waals surface area (Å²) in [7, 11) is 1.60. The Morgan fingerprint density at radius 2 is 2.07 bits per heavy atom. The Morgan fingerprint density at radius 3 is 2.85 bits per heavy atom. The molecule has 0 aliphatic carbocycles. The van der Waals surface area contributed by atoms with Crippen LogP contribution in [0.2, 0.25) is 0 Å². The molecular formula is C19H17BrN4O3. The van der Waals surface area contributed by atoms with E-state index in [9.17, 15) is 4.79 Å². The first-order valence-corrected chi connectivity index (χ1v) is 9.18. The summed E-state index contributed by atoms with van der Waals surface area (Å²) in [5.41, 5.74) is 1.85. The largest absolute Gasteiger partial charge is 0.493 e. The summed E-state index contributed by atoms with van der Waals surface area (Å²) >= 11 is 3.43. The lowest BCUT2D eigenvalue weighted by molar-refractivity contribution is -0.117. The van der Waals surface area contributed by atoms with Crippen molar-refractivity contribution < 1.29 is 14.3 Å². The van der Waals surface area contributed by atoms with Crippen molar-refractivity contribution in [3.8, 4) is 11.5 Å². The lowest BCUT2D eigenvalue weighted by Gasteiger charge is -2.26. The summed E-state index contributed by atoms with van der Waals surface area (Å²) in [5.74, 6) is 1.53. The SMILES string of the molecule is COc1cccc([C@@H]2CC(=O)Nc3ncnn32)c1OCc1ccc(Br)cc1. The molecule has 4 rings (SSSR count). The highest BCUT2D eigenvalue weighted by molar-refractivity contribution is 9.10. The van der Waals surface area contributed by atoms with E-state index in [0.717, 1.165) is 15.6 Å². The van der Waals surface area contributed by atoms with E-state index in [0.29, 0.717) is 24.1 Å². The molecule has 0 bridgehead atoms. The van der Waals surface area contributed by atoms with E-state index in [1.807, 2.05) is 42.5 Å². The normalized spacial score (nSPS) is 15.8. The van der Waals surface area contributed by atoms with Crippen molar-refractivity contribution >= 4 is 27.8 Å². The van der Waals surface area contributed by atoms with Crippen LogP contribution < -0.4 is 14.8 Å². The molecule has 1 atom stereocenters. The van der Waals surface area contributed by atoms with Gasteiger partial charge in [-0.1, -0.05) is 40.2 Å². The molecule has 1 aliphatic heterocycles. The lowest BCUT2D eigenvalue weighted by atomic mass is 10.0. The van der Waals surface area contributed by atoms with Gasteiger partial charge in [0, 0.05) is 10.0 Å². The average Bonchev–Trinajstić information content (AvgIpc) is 3.15. The molecule has 2 heterocycles. The highest BCUT2D eigenvalue weighted by Crippen LogP contribution is 2.40. The average molecular weight is 429 g/mol. The summed E-state index contributed by atoms with van der Waals surface area (Å²) in [6.45, 7) is 0.379. The zero-order valence-electron chi connectivity index (χ0n) is 14.6. The number of methoxy groups -OCH3 is 1. The van der Waals surface area contributed by atoms with Crippen LogP contribution in [0.25, 0.3) is 0 Å². The number of fused-ring (bicyclic) bond motifs is 1. The molecular weight excluding hydrogens is 412 g/mol. The van der Waals surface area contributed by atoms with E-state index < -0.39 is 0 Å². The van der Waals surface area contributed by atoms with Gasteiger partial charge in [0.15, 0.2) is 11.5 Å². The molecule has 1 amide bonds. The van der Waals surface area contributed by atoms with Gasteiger partial charge in [-0.2, -0.15) is 10.1 Å². The van der Waals surface area contributed by atoms with Crippen LogP contribution in [0.5, 0.6) is 11.5 Å². The fraction of sp³-hybridized carbons (Fsp3) is 0.211. The number of rotatable bonds is 5. The van der Waals surface area contributed by atoms with Crippen molar-refractivity contribution in [3.63, 3.8) is 0 Å². The molecule has 1 N–H and O–H groups in total. The molecule has 27 heavy (non-hydrogen) atoms. The highest BCUT2D eigenvalue weighted by Gasteiger charge is 2.30. The number of anilines is 1. The van der Waals surface area contributed by atoms with E-state index in [1.165, 1.54) is 6.33 Å². The van der Waals surface area contributed by atoms with E-state index in [1.54, 1.807) is 11.8 Å². The molecule has 1 aliphatic rings. The number of para-hydroxylation sites is 1. The smallest absolute Gasteiger partial charge is 0.229 e. The molecule has 0 unspecified atom stereocenters. The van der Waals surface area contributed by atoms with E-state index in [2.05, 4.69) is 31.3 Å². The molecule has 8 heteroatoms. The zero-order chi connectivity index (χ0) is 18.8. The van der Waals surface area contributed by atoms with Crippen molar-refractivity contribution in [1.82, 2.24) is 14.8 Å². The number of hydrogen-bond acceptors (Lipinski definition) is 5. The minimum Gasteiger partial charge on any atom is -0.493 e. The Bertz CT molecular complexity index is 971.